The highest BCUT2D eigenvalue weighted by Crippen LogP contribution is 2.55. The molecule has 1 heterocycles. The number of pyridine rings is 1. The normalized spacial score (nSPS) is 34.2. The van der Waals surface area contributed by atoms with Gasteiger partial charge in [0.15, 0.2) is 6.61 Å². The molecule has 0 spiro atoms. The van der Waals surface area contributed by atoms with Crippen LogP contribution in [0.4, 0.5) is 0 Å². The zero-order chi connectivity index (χ0) is 15.9. The van der Waals surface area contributed by atoms with Gasteiger partial charge < -0.3 is 10.1 Å². The van der Waals surface area contributed by atoms with Gasteiger partial charge in [0, 0.05) is 17.9 Å². The Bertz CT molecular complexity index is 579. The molecule has 4 bridgehead atoms. The number of carbonyl (C=O) groups excluding carboxylic acids is 2. The smallest absolute Gasteiger partial charge is 0.338 e. The van der Waals surface area contributed by atoms with Crippen LogP contribution in [-0.2, 0) is 9.53 Å². The van der Waals surface area contributed by atoms with E-state index >= 15 is 0 Å². The molecule has 0 saturated heterocycles. The number of hydrogen-bond acceptors (Lipinski definition) is 4. The van der Waals surface area contributed by atoms with Crippen molar-refractivity contribution in [2.24, 2.45) is 17.8 Å². The first-order valence-corrected chi connectivity index (χ1v) is 8.50. The van der Waals surface area contributed by atoms with E-state index in [0.29, 0.717) is 5.56 Å². The van der Waals surface area contributed by atoms with Crippen molar-refractivity contribution in [3.63, 3.8) is 0 Å². The first kappa shape index (κ1) is 14.7. The molecule has 5 nitrogen and oxygen atoms in total. The van der Waals surface area contributed by atoms with E-state index in [1.165, 1.54) is 31.7 Å². The maximum absolute atomic E-state index is 12.3. The third-order valence-corrected chi connectivity index (χ3v) is 5.69. The second-order valence-corrected chi connectivity index (χ2v) is 7.56. The predicted octanol–water partition coefficient (Wildman–Crippen LogP) is 2.32. The van der Waals surface area contributed by atoms with E-state index < -0.39 is 5.97 Å². The van der Waals surface area contributed by atoms with Gasteiger partial charge in [-0.2, -0.15) is 0 Å². The molecule has 4 saturated carbocycles. The summed E-state index contributed by atoms with van der Waals surface area (Å²) in [6.07, 6.45) is 10.4. The standard InChI is InChI=1S/C18H22N2O3/c21-16(11-23-17(22)15-1-3-19-4-2-15)20-18-8-12-5-13(9-18)7-14(6-12)10-18/h1-4,12-14H,5-11H2,(H,20,21). The Morgan fingerprint density at radius 3 is 2.22 bits per heavy atom. The van der Waals surface area contributed by atoms with Crippen molar-refractivity contribution in [3.05, 3.63) is 30.1 Å². The Labute approximate surface area is 135 Å². The molecule has 5 heteroatoms. The lowest BCUT2D eigenvalue weighted by atomic mass is 9.53. The number of amides is 1. The highest BCUT2D eigenvalue weighted by atomic mass is 16.5. The van der Waals surface area contributed by atoms with Gasteiger partial charge in [0.2, 0.25) is 0 Å². The van der Waals surface area contributed by atoms with Crippen molar-refractivity contribution in [1.82, 2.24) is 10.3 Å². The van der Waals surface area contributed by atoms with Gasteiger partial charge in [-0.15, -0.1) is 0 Å². The molecule has 0 unspecified atom stereocenters. The SMILES string of the molecule is O=C(COC(=O)c1ccncc1)NC12CC3CC(CC(C3)C1)C2. The van der Waals surface area contributed by atoms with Crippen LogP contribution in [0.25, 0.3) is 0 Å². The van der Waals surface area contributed by atoms with E-state index in [4.69, 9.17) is 4.74 Å². The van der Waals surface area contributed by atoms with Gasteiger partial charge >= 0.3 is 5.97 Å². The van der Waals surface area contributed by atoms with Crippen molar-refractivity contribution < 1.29 is 14.3 Å². The topological polar surface area (TPSA) is 68.3 Å². The van der Waals surface area contributed by atoms with Gasteiger partial charge in [0.25, 0.3) is 5.91 Å². The molecule has 4 aliphatic rings. The molecule has 0 aliphatic heterocycles. The van der Waals surface area contributed by atoms with Crippen molar-refractivity contribution in [2.45, 2.75) is 44.1 Å². The fourth-order valence-corrected chi connectivity index (χ4v) is 5.30. The Hall–Kier alpha value is -1.91. The van der Waals surface area contributed by atoms with E-state index in [2.05, 4.69) is 10.3 Å². The molecule has 0 aromatic carbocycles. The summed E-state index contributed by atoms with van der Waals surface area (Å²) < 4.78 is 5.13. The Balaban J connectivity index is 1.33. The highest BCUT2D eigenvalue weighted by molar-refractivity contribution is 5.91. The Kier molecular flexibility index (Phi) is 3.58. The third-order valence-electron chi connectivity index (χ3n) is 5.69. The average Bonchev–Trinajstić information content (AvgIpc) is 2.51. The second kappa shape index (κ2) is 5.62. The predicted molar refractivity (Wildman–Crippen MR) is 83.6 cm³/mol. The molecule has 4 fully saturated rings. The fraction of sp³-hybridized carbons (Fsp3) is 0.611. The summed E-state index contributed by atoms with van der Waals surface area (Å²) in [6.45, 7) is -0.205. The minimum atomic E-state index is -0.479. The summed E-state index contributed by atoms with van der Waals surface area (Å²) in [5.41, 5.74) is 0.386. The van der Waals surface area contributed by atoms with Crippen molar-refractivity contribution in [1.29, 1.82) is 0 Å². The van der Waals surface area contributed by atoms with Crippen LogP contribution in [-0.4, -0.2) is 29.0 Å². The first-order valence-electron chi connectivity index (χ1n) is 8.50. The molecule has 5 rings (SSSR count). The third kappa shape index (κ3) is 2.96. The molecule has 1 amide bonds. The quantitative estimate of drug-likeness (QED) is 0.866. The van der Waals surface area contributed by atoms with E-state index in [1.807, 2.05) is 0 Å². The van der Waals surface area contributed by atoms with Gasteiger partial charge in [-0.3, -0.25) is 9.78 Å². The zero-order valence-electron chi connectivity index (χ0n) is 13.2. The Morgan fingerprint density at radius 1 is 1.09 bits per heavy atom. The summed E-state index contributed by atoms with van der Waals surface area (Å²) in [5.74, 6) is 1.69. The van der Waals surface area contributed by atoms with Crippen LogP contribution in [0.3, 0.4) is 0 Å². The van der Waals surface area contributed by atoms with Crippen LogP contribution in [0, 0.1) is 17.8 Å². The molecule has 4 aliphatic carbocycles. The van der Waals surface area contributed by atoms with Crippen LogP contribution in [0.15, 0.2) is 24.5 Å². The molecule has 1 N–H and O–H groups in total. The van der Waals surface area contributed by atoms with Gasteiger partial charge in [-0.25, -0.2) is 4.79 Å². The molecule has 23 heavy (non-hydrogen) atoms. The summed E-state index contributed by atoms with van der Waals surface area (Å²) >= 11 is 0. The Morgan fingerprint density at radius 2 is 1.65 bits per heavy atom. The second-order valence-electron chi connectivity index (χ2n) is 7.56. The molecular weight excluding hydrogens is 292 g/mol. The first-order chi connectivity index (χ1) is 11.1. The van der Waals surface area contributed by atoms with Crippen LogP contribution in [0.5, 0.6) is 0 Å². The number of aromatic nitrogens is 1. The lowest BCUT2D eigenvalue weighted by Gasteiger charge is -2.56. The largest absolute Gasteiger partial charge is 0.452 e. The van der Waals surface area contributed by atoms with E-state index in [9.17, 15) is 9.59 Å². The average molecular weight is 314 g/mol. The maximum Gasteiger partial charge on any atom is 0.338 e. The molecule has 1 aromatic heterocycles. The zero-order valence-corrected chi connectivity index (χ0v) is 13.2. The number of nitrogens with one attached hydrogen (secondary N) is 1. The molecule has 0 atom stereocenters. The van der Waals surface area contributed by atoms with Crippen LogP contribution < -0.4 is 5.32 Å². The van der Waals surface area contributed by atoms with Crippen molar-refractivity contribution in [3.8, 4) is 0 Å². The fourth-order valence-electron chi connectivity index (χ4n) is 5.30. The maximum atomic E-state index is 12.3. The number of rotatable bonds is 4. The van der Waals surface area contributed by atoms with Gasteiger partial charge in [0.1, 0.15) is 0 Å². The summed E-state index contributed by atoms with van der Waals surface area (Å²) in [6, 6.07) is 3.17. The lowest BCUT2D eigenvalue weighted by Crippen LogP contribution is -2.60. The highest BCUT2D eigenvalue weighted by Gasteiger charge is 2.51. The van der Waals surface area contributed by atoms with Crippen LogP contribution in [0.2, 0.25) is 0 Å². The number of hydrogen-bond donors (Lipinski definition) is 1. The molecule has 122 valence electrons. The minimum Gasteiger partial charge on any atom is -0.452 e. The van der Waals surface area contributed by atoms with E-state index in [1.54, 1.807) is 12.1 Å². The number of esters is 1. The van der Waals surface area contributed by atoms with Crippen LogP contribution >= 0.6 is 0 Å². The monoisotopic (exact) mass is 314 g/mol. The van der Waals surface area contributed by atoms with Gasteiger partial charge in [-0.1, -0.05) is 0 Å². The van der Waals surface area contributed by atoms with Crippen LogP contribution in [0.1, 0.15) is 48.9 Å². The van der Waals surface area contributed by atoms with E-state index in [0.717, 1.165) is 37.0 Å². The minimum absolute atomic E-state index is 0.0328. The lowest BCUT2D eigenvalue weighted by molar-refractivity contribution is -0.130. The molecular formula is C18H22N2O3. The van der Waals surface area contributed by atoms with Crippen molar-refractivity contribution >= 4 is 11.9 Å². The number of nitrogens with zero attached hydrogens (tertiary/aromatic N) is 1. The molecule has 0 radical (unpaired) electrons. The summed E-state index contributed by atoms with van der Waals surface area (Å²) in [7, 11) is 0. The number of ether oxygens (including phenoxy) is 1. The molecule has 1 aromatic rings. The summed E-state index contributed by atoms with van der Waals surface area (Å²) in [5, 5.41) is 3.20. The van der Waals surface area contributed by atoms with Crippen molar-refractivity contribution in [2.75, 3.05) is 6.61 Å². The van der Waals surface area contributed by atoms with E-state index in [-0.39, 0.29) is 18.1 Å². The number of carbonyl (C=O) groups is 2. The van der Waals surface area contributed by atoms with Gasteiger partial charge in [-0.05, 0) is 68.4 Å². The summed E-state index contributed by atoms with van der Waals surface area (Å²) in [4.78, 5) is 28.0. The van der Waals surface area contributed by atoms with Gasteiger partial charge in [0.05, 0.1) is 5.56 Å².